The minimum atomic E-state index is -0.0921. The van der Waals surface area contributed by atoms with Gasteiger partial charge in [-0.25, -0.2) is 0 Å². The van der Waals surface area contributed by atoms with Crippen LogP contribution in [0.1, 0.15) is 29.0 Å². The average molecular weight is 287 g/mol. The van der Waals surface area contributed by atoms with Gasteiger partial charge in [-0.05, 0) is 54.5 Å². The Morgan fingerprint density at radius 1 is 1.43 bits per heavy atom. The minimum Gasteiger partial charge on any atom is -0.376 e. The third-order valence-corrected chi connectivity index (χ3v) is 3.51. The van der Waals surface area contributed by atoms with Gasteiger partial charge in [-0.3, -0.25) is 4.79 Å². The van der Waals surface area contributed by atoms with Crippen LogP contribution in [-0.4, -0.2) is 45.4 Å². The number of nitrogens with one attached hydrogen (secondary N) is 1. The highest BCUT2D eigenvalue weighted by Gasteiger charge is 2.16. The fraction of sp³-hybridized carbons (Fsp3) is 0.429. The summed E-state index contributed by atoms with van der Waals surface area (Å²) in [5.41, 5.74) is 1.44. The molecule has 0 spiro atoms. The molecule has 1 aromatic carbocycles. The van der Waals surface area contributed by atoms with Crippen molar-refractivity contribution in [3.8, 4) is 5.69 Å². The summed E-state index contributed by atoms with van der Waals surface area (Å²) in [6.45, 7) is 3.18. The van der Waals surface area contributed by atoms with E-state index in [-0.39, 0.29) is 12.0 Å². The lowest BCUT2D eigenvalue weighted by molar-refractivity contribution is 0.0858. The zero-order valence-corrected chi connectivity index (χ0v) is 11.8. The number of amides is 1. The second-order valence-corrected chi connectivity index (χ2v) is 5.03. The van der Waals surface area contributed by atoms with Gasteiger partial charge in [-0.15, -0.1) is 5.10 Å². The summed E-state index contributed by atoms with van der Waals surface area (Å²) in [4.78, 5) is 12.1. The first-order valence-corrected chi connectivity index (χ1v) is 6.99. The molecule has 1 amide bonds. The zero-order valence-electron chi connectivity index (χ0n) is 11.8. The summed E-state index contributed by atoms with van der Waals surface area (Å²) in [7, 11) is 0. The summed E-state index contributed by atoms with van der Waals surface area (Å²) in [6, 6.07) is 7.18. The van der Waals surface area contributed by atoms with Gasteiger partial charge in [0.15, 0.2) is 5.82 Å². The monoisotopic (exact) mass is 287 g/mol. The van der Waals surface area contributed by atoms with Gasteiger partial charge in [0.1, 0.15) is 0 Å². The van der Waals surface area contributed by atoms with E-state index < -0.39 is 0 Å². The summed E-state index contributed by atoms with van der Waals surface area (Å²) in [5.74, 6) is 0.607. The first-order chi connectivity index (χ1) is 10.2. The lowest BCUT2D eigenvalue weighted by Crippen LogP contribution is -2.31. The first-order valence-electron chi connectivity index (χ1n) is 6.99. The molecule has 0 radical (unpaired) electrons. The molecule has 0 saturated carbocycles. The van der Waals surface area contributed by atoms with Crippen molar-refractivity contribution in [1.82, 2.24) is 25.5 Å². The van der Waals surface area contributed by atoms with Crippen LogP contribution in [0.4, 0.5) is 0 Å². The molecule has 1 atom stereocenters. The second kappa shape index (κ2) is 6.01. The molecule has 1 aliphatic rings. The topological polar surface area (TPSA) is 81.9 Å². The molecule has 0 aliphatic carbocycles. The number of hydrogen-bond donors (Lipinski definition) is 1. The Balaban J connectivity index is 1.63. The van der Waals surface area contributed by atoms with Gasteiger partial charge in [0.05, 0.1) is 11.8 Å². The number of aryl methyl sites for hydroxylation is 1. The van der Waals surface area contributed by atoms with Gasteiger partial charge in [0.2, 0.25) is 0 Å². The molecule has 110 valence electrons. The summed E-state index contributed by atoms with van der Waals surface area (Å²) in [5, 5.41) is 14.2. The maximum atomic E-state index is 12.1. The molecule has 2 aromatic rings. The number of ether oxygens (including phenoxy) is 1. The minimum absolute atomic E-state index is 0.0921. The Morgan fingerprint density at radius 2 is 2.24 bits per heavy atom. The standard InChI is InChI=1S/C14H17N5O2/c1-10-16-17-18-19(10)12-6-4-11(5-7-12)14(20)15-9-13-3-2-8-21-13/h4-7,13H,2-3,8-9H2,1H3,(H,15,20)/t13-/m0/s1. The van der Waals surface area contributed by atoms with Crippen molar-refractivity contribution in [3.63, 3.8) is 0 Å². The normalized spacial score (nSPS) is 17.9. The van der Waals surface area contributed by atoms with Crippen molar-refractivity contribution >= 4 is 5.91 Å². The van der Waals surface area contributed by atoms with Crippen molar-refractivity contribution in [2.45, 2.75) is 25.9 Å². The number of rotatable bonds is 4. The Kier molecular flexibility index (Phi) is 3.92. The Bertz CT molecular complexity index is 617. The number of carbonyl (C=O) groups excluding carboxylic acids is 1. The molecule has 7 nitrogen and oxygen atoms in total. The van der Waals surface area contributed by atoms with E-state index in [1.54, 1.807) is 16.8 Å². The first kappa shape index (κ1) is 13.7. The van der Waals surface area contributed by atoms with E-state index in [2.05, 4.69) is 20.8 Å². The van der Waals surface area contributed by atoms with Crippen molar-refractivity contribution in [3.05, 3.63) is 35.7 Å². The lowest BCUT2D eigenvalue weighted by atomic mass is 10.2. The van der Waals surface area contributed by atoms with E-state index >= 15 is 0 Å². The van der Waals surface area contributed by atoms with Crippen molar-refractivity contribution in [2.75, 3.05) is 13.2 Å². The third-order valence-electron chi connectivity index (χ3n) is 3.51. The Morgan fingerprint density at radius 3 is 2.86 bits per heavy atom. The molecule has 1 fully saturated rings. The highest BCUT2D eigenvalue weighted by atomic mass is 16.5. The fourth-order valence-corrected chi connectivity index (χ4v) is 2.34. The summed E-state index contributed by atoms with van der Waals surface area (Å²) < 4.78 is 7.10. The molecular weight excluding hydrogens is 270 g/mol. The van der Waals surface area contributed by atoms with Crippen LogP contribution >= 0.6 is 0 Å². The van der Waals surface area contributed by atoms with E-state index in [4.69, 9.17) is 4.74 Å². The SMILES string of the molecule is Cc1nnnn1-c1ccc(C(=O)NC[C@@H]2CCCO2)cc1. The largest absolute Gasteiger partial charge is 0.376 e. The van der Waals surface area contributed by atoms with E-state index in [1.165, 1.54) is 0 Å². The highest BCUT2D eigenvalue weighted by Crippen LogP contribution is 2.12. The molecule has 7 heteroatoms. The van der Waals surface area contributed by atoms with Gasteiger partial charge in [-0.1, -0.05) is 0 Å². The highest BCUT2D eigenvalue weighted by molar-refractivity contribution is 5.94. The molecule has 3 rings (SSSR count). The van der Waals surface area contributed by atoms with Crippen molar-refractivity contribution in [1.29, 1.82) is 0 Å². The lowest BCUT2D eigenvalue weighted by Gasteiger charge is -2.11. The number of hydrogen-bond acceptors (Lipinski definition) is 5. The molecule has 1 aromatic heterocycles. The number of benzene rings is 1. The van der Waals surface area contributed by atoms with Crippen LogP contribution < -0.4 is 5.32 Å². The van der Waals surface area contributed by atoms with Gasteiger partial charge in [-0.2, -0.15) is 4.68 Å². The van der Waals surface area contributed by atoms with Gasteiger partial charge in [0, 0.05) is 18.7 Å². The van der Waals surface area contributed by atoms with E-state index in [9.17, 15) is 4.79 Å². The molecule has 1 saturated heterocycles. The molecule has 1 aliphatic heterocycles. The van der Waals surface area contributed by atoms with Crippen molar-refractivity contribution in [2.24, 2.45) is 0 Å². The number of nitrogens with zero attached hydrogens (tertiary/aromatic N) is 4. The molecular formula is C14H17N5O2. The Labute approximate surface area is 122 Å². The predicted octanol–water partition coefficient (Wildman–Crippen LogP) is 0.880. The van der Waals surface area contributed by atoms with Crippen LogP contribution in [0.3, 0.4) is 0 Å². The predicted molar refractivity (Wildman–Crippen MR) is 75.2 cm³/mol. The summed E-state index contributed by atoms with van der Waals surface area (Å²) >= 11 is 0. The third kappa shape index (κ3) is 3.08. The van der Waals surface area contributed by atoms with Crippen LogP contribution in [0.2, 0.25) is 0 Å². The van der Waals surface area contributed by atoms with E-state index in [0.717, 1.165) is 25.1 Å². The van der Waals surface area contributed by atoms with Crippen LogP contribution in [0.15, 0.2) is 24.3 Å². The Hall–Kier alpha value is -2.28. The van der Waals surface area contributed by atoms with Crippen LogP contribution in [0.25, 0.3) is 5.69 Å². The number of aromatic nitrogens is 4. The fourth-order valence-electron chi connectivity index (χ4n) is 2.34. The van der Waals surface area contributed by atoms with Crippen LogP contribution in [-0.2, 0) is 4.74 Å². The average Bonchev–Trinajstić information content (AvgIpc) is 3.16. The molecule has 21 heavy (non-hydrogen) atoms. The summed E-state index contributed by atoms with van der Waals surface area (Å²) in [6.07, 6.45) is 2.23. The quantitative estimate of drug-likeness (QED) is 0.902. The molecule has 0 unspecified atom stereocenters. The molecule has 0 bridgehead atoms. The number of tetrazole rings is 1. The zero-order chi connectivity index (χ0) is 14.7. The van der Waals surface area contributed by atoms with E-state index in [0.29, 0.717) is 17.9 Å². The maximum Gasteiger partial charge on any atom is 0.251 e. The second-order valence-electron chi connectivity index (χ2n) is 5.03. The molecule has 2 heterocycles. The van der Waals surface area contributed by atoms with Gasteiger partial charge in [0.25, 0.3) is 5.91 Å². The maximum absolute atomic E-state index is 12.1. The molecule has 1 N–H and O–H groups in total. The van der Waals surface area contributed by atoms with Crippen LogP contribution in [0.5, 0.6) is 0 Å². The van der Waals surface area contributed by atoms with Crippen LogP contribution in [0, 0.1) is 6.92 Å². The number of carbonyl (C=O) groups is 1. The van der Waals surface area contributed by atoms with Gasteiger partial charge >= 0.3 is 0 Å². The van der Waals surface area contributed by atoms with E-state index in [1.807, 2.05) is 19.1 Å². The van der Waals surface area contributed by atoms with Crippen molar-refractivity contribution < 1.29 is 9.53 Å². The smallest absolute Gasteiger partial charge is 0.251 e. The van der Waals surface area contributed by atoms with Gasteiger partial charge < -0.3 is 10.1 Å².